The van der Waals surface area contributed by atoms with Gasteiger partial charge >= 0.3 is 0 Å². The van der Waals surface area contributed by atoms with Crippen LogP contribution in [0.5, 0.6) is 0 Å². The van der Waals surface area contributed by atoms with Gasteiger partial charge in [-0.25, -0.2) is 0 Å². The Morgan fingerprint density at radius 1 is 1.37 bits per heavy atom. The number of primary amides is 1. The van der Waals surface area contributed by atoms with Gasteiger partial charge in [-0.15, -0.1) is 0 Å². The molecule has 102 valence electrons. The van der Waals surface area contributed by atoms with Gasteiger partial charge in [0.2, 0.25) is 5.91 Å². The van der Waals surface area contributed by atoms with Crippen molar-refractivity contribution in [2.24, 2.45) is 11.7 Å². The van der Waals surface area contributed by atoms with Crippen LogP contribution in [0.1, 0.15) is 31.4 Å². The van der Waals surface area contributed by atoms with Crippen molar-refractivity contribution in [1.82, 2.24) is 0 Å². The van der Waals surface area contributed by atoms with E-state index < -0.39 is 5.91 Å². The van der Waals surface area contributed by atoms with Gasteiger partial charge in [0.15, 0.2) is 0 Å². The SMILES string of the molecule is CCC(C)/C(=C\C(=N)Cc1ccc(C)cc1)C(N)=O. The number of nitrogens with two attached hydrogens (primary N) is 1. The lowest BCUT2D eigenvalue weighted by atomic mass is 9.95. The third-order valence-electron chi connectivity index (χ3n) is 3.27. The topological polar surface area (TPSA) is 66.9 Å². The van der Waals surface area contributed by atoms with E-state index in [0.717, 1.165) is 12.0 Å². The van der Waals surface area contributed by atoms with Crippen LogP contribution in [0.4, 0.5) is 0 Å². The van der Waals surface area contributed by atoms with E-state index in [4.69, 9.17) is 11.1 Å². The van der Waals surface area contributed by atoms with Crippen LogP contribution in [0.15, 0.2) is 35.9 Å². The molecule has 0 fully saturated rings. The van der Waals surface area contributed by atoms with E-state index in [-0.39, 0.29) is 5.92 Å². The number of amides is 1. The molecule has 0 aliphatic heterocycles. The molecule has 3 heteroatoms. The van der Waals surface area contributed by atoms with Crippen molar-refractivity contribution in [2.45, 2.75) is 33.6 Å². The summed E-state index contributed by atoms with van der Waals surface area (Å²) in [5.74, 6) is -0.334. The maximum atomic E-state index is 11.4. The molecule has 1 aromatic rings. The van der Waals surface area contributed by atoms with Crippen LogP contribution in [0.25, 0.3) is 0 Å². The molecule has 3 N–H and O–H groups in total. The van der Waals surface area contributed by atoms with E-state index in [2.05, 4.69) is 0 Å². The first kappa shape index (κ1) is 15.2. The predicted molar refractivity (Wildman–Crippen MR) is 79.3 cm³/mol. The van der Waals surface area contributed by atoms with Crippen LogP contribution in [0.3, 0.4) is 0 Å². The molecule has 1 rings (SSSR count). The van der Waals surface area contributed by atoms with E-state index in [1.807, 2.05) is 45.0 Å². The number of carbonyl (C=O) groups is 1. The molecular formula is C16H22N2O. The van der Waals surface area contributed by atoms with Crippen molar-refractivity contribution in [1.29, 1.82) is 5.41 Å². The van der Waals surface area contributed by atoms with Crippen molar-refractivity contribution >= 4 is 11.6 Å². The molecule has 1 atom stereocenters. The lowest BCUT2D eigenvalue weighted by molar-refractivity contribution is -0.115. The molecule has 0 bridgehead atoms. The Labute approximate surface area is 115 Å². The Hall–Kier alpha value is -1.90. The highest BCUT2D eigenvalue weighted by molar-refractivity contribution is 6.03. The molecule has 3 nitrogen and oxygen atoms in total. The number of rotatable bonds is 6. The number of carbonyl (C=O) groups excluding carboxylic acids is 1. The van der Waals surface area contributed by atoms with E-state index in [9.17, 15) is 4.79 Å². The van der Waals surface area contributed by atoms with Gasteiger partial charge in [-0.3, -0.25) is 4.79 Å². The fourth-order valence-electron chi connectivity index (χ4n) is 1.84. The summed E-state index contributed by atoms with van der Waals surface area (Å²) in [6.07, 6.45) is 2.98. The van der Waals surface area contributed by atoms with Gasteiger partial charge in [0.05, 0.1) is 0 Å². The molecule has 0 radical (unpaired) electrons. The molecule has 1 unspecified atom stereocenters. The van der Waals surface area contributed by atoms with Gasteiger partial charge in [-0.2, -0.15) is 0 Å². The summed E-state index contributed by atoms with van der Waals surface area (Å²) in [5.41, 5.74) is 8.59. The molecule has 19 heavy (non-hydrogen) atoms. The van der Waals surface area contributed by atoms with Gasteiger partial charge in [-0.1, -0.05) is 43.7 Å². The molecule has 0 aromatic heterocycles. The van der Waals surface area contributed by atoms with Crippen LogP contribution >= 0.6 is 0 Å². The summed E-state index contributed by atoms with van der Waals surface area (Å²) in [4.78, 5) is 11.4. The van der Waals surface area contributed by atoms with Crippen molar-refractivity contribution in [2.75, 3.05) is 0 Å². The Morgan fingerprint density at radius 3 is 2.42 bits per heavy atom. The fraction of sp³-hybridized carbons (Fsp3) is 0.375. The lowest BCUT2D eigenvalue weighted by Crippen LogP contribution is -2.20. The van der Waals surface area contributed by atoms with Crippen LogP contribution in [-0.4, -0.2) is 11.6 Å². The van der Waals surface area contributed by atoms with E-state index in [1.54, 1.807) is 6.08 Å². The van der Waals surface area contributed by atoms with Crippen molar-refractivity contribution in [3.8, 4) is 0 Å². The molecule has 1 amide bonds. The summed E-state index contributed by atoms with van der Waals surface area (Å²) in [5, 5.41) is 7.99. The van der Waals surface area contributed by atoms with Crippen LogP contribution < -0.4 is 5.73 Å². The Bertz CT molecular complexity index is 486. The third-order valence-corrected chi connectivity index (χ3v) is 3.27. The minimum Gasteiger partial charge on any atom is -0.366 e. The van der Waals surface area contributed by atoms with Gasteiger partial charge in [0, 0.05) is 17.7 Å². The highest BCUT2D eigenvalue weighted by atomic mass is 16.1. The molecule has 0 aliphatic rings. The molecule has 0 spiro atoms. The smallest absolute Gasteiger partial charge is 0.244 e. The first-order chi connectivity index (χ1) is 8.93. The van der Waals surface area contributed by atoms with E-state index >= 15 is 0 Å². The second-order valence-corrected chi connectivity index (χ2v) is 4.96. The summed E-state index contributed by atoms with van der Waals surface area (Å²) in [6, 6.07) is 8.06. The molecule has 0 heterocycles. The summed E-state index contributed by atoms with van der Waals surface area (Å²) in [7, 11) is 0. The number of hydrogen-bond donors (Lipinski definition) is 2. The number of nitrogens with one attached hydrogen (secondary N) is 1. The molecule has 1 aromatic carbocycles. The number of aryl methyl sites for hydroxylation is 1. The standard InChI is InChI=1S/C16H22N2O/c1-4-12(3)15(16(18)19)10-14(17)9-13-7-5-11(2)6-8-13/h5-8,10,12,17H,4,9H2,1-3H3,(H2,18,19)/b15-10+,17-14?. The van der Waals surface area contributed by atoms with Gasteiger partial charge in [0.25, 0.3) is 0 Å². The van der Waals surface area contributed by atoms with Gasteiger partial charge in [-0.05, 0) is 30.9 Å². The molecular weight excluding hydrogens is 236 g/mol. The highest BCUT2D eigenvalue weighted by Gasteiger charge is 2.13. The minimum absolute atomic E-state index is 0.0934. The van der Waals surface area contributed by atoms with Gasteiger partial charge < -0.3 is 11.1 Å². The average molecular weight is 258 g/mol. The zero-order valence-corrected chi connectivity index (χ0v) is 11.9. The first-order valence-corrected chi connectivity index (χ1v) is 6.58. The maximum Gasteiger partial charge on any atom is 0.244 e. The van der Waals surface area contributed by atoms with Gasteiger partial charge in [0.1, 0.15) is 0 Å². The number of benzene rings is 1. The summed E-state index contributed by atoms with van der Waals surface area (Å²) >= 11 is 0. The highest BCUT2D eigenvalue weighted by Crippen LogP contribution is 2.14. The largest absolute Gasteiger partial charge is 0.366 e. The van der Waals surface area contributed by atoms with Crippen LogP contribution in [0.2, 0.25) is 0 Å². The summed E-state index contributed by atoms with van der Waals surface area (Å²) in [6.45, 7) is 5.99. The quantitative estimate of drug-likeness (QED) is 0.597. The molecule has 0 saturated carbocycles. The second-order valence-electron chi connectivity index (χ2n) is 4.96. The normalized spacial score (nSPS) is 13.1. The Balaban J connectivity index is 2.81. The van der Waals surface area contributed by atoms with Crippen LogP contribution in [0, 0.1) is 18.3 Å². The monoisotopic (exact) mass is 258 g/mol. The lowest BCUT2D eigenvalue weighted by Gasteiger charge is -2.11. The zero-order chi connectivity index (χ0) is 14.4. The number of allylic oxidation sites excluding steroid dienone is 1. The van der Waals surface area contributed by atoms with Crippen molar-refractivity contribution in [3.63, 3.8) is 0 Å². The number of hydrogen-bond acceptors (Lipinski definition) is 2. The molecule has 0 saturated heterocycles. The Kier molecular flexibility index (Phi) is 5.49. The molecule has 0 aliphatic carbocycles. The average Bonchev–Trinajstić information content (AvgIpc) is 2.37. The van der Waals surface area contributed by atoms with E-state index in [0.29, 0.717) is 17.7 Å². The maximum absolute atomic E-state index is 11.4. The second kappa shape index (κ2) is 6.88. The predicted octanol–water partition coefficient (Wildman–Crippen LogP) is 3.02. The van der Waals surface area contributed by atoms with Crippen LogP contribution in [-0.2, 0) is 11.2 Å². The van der Waals surface area contributed by atoms with E-state index in [1.165, 1.54) is 5.56 Å². The Morgan fingerprint density at radius 2 is 1.95 bits per heavy atom. The zero-order valence-electron chi connectivity index (χ0n) is 11.9. The fourth-order valence-corrected chi connectivity index (χ4v) is 1.84. The minimum atomic E-state index is -0.428. The first-order valence-electron chi connectivity index (χ1n) is 6.58. The van der Waals surface area contributed by atoms with Crippen molar-refractivity contribution in [3.05, 3.63) is 47.0 Å². The van der Waals surface area contributed by atoms with Crippen molar-refractivity contribution < 1.29 is 4.79 Å². The third kappa shape index (κ3) is 4.70. The summed E-state index contributed by atoms with van der Waals surface area (Å²) < 4.78 is 0.